The summed E-state index contributed by atoms with van der Waals surface area (Å²) in [4.78, 5) is 0. The summed E-state index contributed by atoms with van der Waals surface area (Å²) in [6.07, 6.45) is 0.573. The van der Waals surface area contributed by atoms with Gasteiger partial charge in [-0.05, 0) is 47.9 Å². The average Bonchev–Trinajstić information content (AvgIpc) is 2.34. The normalized spacial score (nSPS) is 12.4. The molecule has 0 aliphatic rings. The van der Waals surface area contributed by atoms with Crippen LogP contribution in [0.25, 0.3) is 0 Å². The first kappa shape index (κ1) is 14.5. The summed E-state index contributed by atoms with van der Waals surface area (Å²) in [5, 5.41) is 0. The van der Waals surface area contributed by atoms with Gasteiger partial charge < -0.3 is 0 Å². The second-order valence-electron chi connectivity index (χ2n) is 4.39. The molecule has 2 aromatic rings. The number of alkyl halides is 1. The van der Waals surface area contributed by atoms with E-state index < -0.39 is 0 Å². The van der Waals surface area contributed by atoms with Crippen LogP contribution in [0.2, 0.25) is 0 Å². The largest absolute Gasteiger partial charge is 0.207 e. The van der Waals surface area contributed by atoms with Crippen molar-refractivity contribution in [3.8, 4) is 0 Å². The molecule has 1 unspecified atom stereocenters. The topological polar surface area (TPSA) is 0 Å². The summed E-state index contributed by atoms with van der Waals surface area (Å²) in [6.45, 7) is 0. The van der Waals surface area contributed by atoms with Gasteiger partial charge in [0, 0.05) is 16.3 Å². The maximum atomic E-state index is 13.3. The predicted molar refractivity (Wildman–Crippen MR) is 77.7 cm³/mol. The molecule has 0 saturated carbocycles. The van der Waals surface area contributed by atoms with E-state index >= 15 is 0 Å². The van der Waals surface area contributed by atoms with Crippen LogP contribution < -0.4 is 0 Å². The fourth-order valence-corrected chi connectivity index (χ4v) is 2.84. The molecule has 19 heavy (non-hydrogen) atoms. The van der Waals surface area contributed by atoms with E-state index in [1.54, 1.807) is 6.07 Å². The van der Waals surface area contributed by atoms with E-state index in [1.807, 2.05) is 12.1 Å². The molecule has 0 saturated heterocycles. The molecular weight excluding hydrogens is 334 g/mol. The van der Waals surface area contributed by atoms with Gasteiger partial charge in [0.2, 0.25) is 0 Å². The van der Waals surface area contributed by atoms with Gasteiger partial charge in [-0.1, -0.05) is 28.1 Å². The molecule has 0 N–H and O–H groups in total. The van der Waals surface area contributed by atoms with E-state index in [-0.39, 0.29) is 17.6 Å². The molecule has 2 rings (SSSR count). The van der Waals surface area contributed by atoms with Crippen LogP contribution in [-0.2, 0) is 6.42 Å². The van der Waals surface area contributed by atoms with Crippen molar-refractivity contribution in [3.63, 3.8) is 0 Å². The molecule has 0 aliphatic carbocycles. The van der Waals surface area contributed by atoms with Crippen molar-refractivity contribution in [3.05, 3.63) is 69.7 Å². The van der Waals surface area contributed by atoms with Crippen molar-refractivity contribution in [2.75, 3.05) is 5.88 Å². The number of hydrogen-bond acceptors (Lipinski definition) is 0. The maximum Gasteiger partial charge on any atom is 0.124 e. The van der Waals surface area contributed by atoms with Gasteiger partial charge in [0.15, 0.2) is 0 Å². The average molecular weight is 346 g/mol. The van der Waals surface area contributed by atoms with Crippen molar-refractivity contribution < 1.29 is 8.78 Å². The van der Waals surface area contributed by atoms with Crippen LogP contribution >= 0.6 is 27.5 Å². The van der Waals surface area contributed by atoms with Gasteiger partial charge >= 0.3 is 0 Å². The number of halogens is 4. The summed E-state index contributed by atoms with van der Waals surface area (Å²) < 4.78 is 27.2. The number of rotatable bonds is 4. The summed E-state index contributed by atoms with van der Waals surface area (Å²) in [6, 6.07) is 11.1. The minimum atomic E-state index is -0.295. The zero-order chi connectivity index (χ0) is 13.8. The van der Waals surface area contributed by atoms with Gasteiger partial charge in [-0.2, -0.15) is 0 Å². The second kappa shape index (κ2) is 6.49. The van der Waals surface area contributed by atoms with Crippen molar-refractivity contribution >= 4 is 27.5 Å². The minimum Gasteiger partial charge on any atom is -0.207 e. The molecule has 1 atom stereocenters. The van der Waals surface area contributed by atoms with Gasteiger partial charge in [-0.25, -0.2) is 8.78 Å². The van der Waals surface area contributed by atoms with Crippen LogP contribution in [0.4, 0.5) is 8.78 Å². The standard InChI is InChI=1S/C15H12BrClF2/c16-13-5-10(6-15(19)8-13)4-12(9-17)11-2-1-3-14(18)7-11/h1-3,5-8,12H,4,9H2. The smallest absolute Gasteiger partial charge is 0.124 e. The molecular formula is C15H12BrClF2. The first-order chi connectivity index (χ1) is 9.08. The van der Waals surface area contributed by atoms with Gasteiger partial charge in [-0.15, -0.1) is 11.6 Å². The minimum absolute atomic E-state index is 0.0360. The zero-order valence-corrected chi connectivity index (χ0v) is 12.4. The van der Waals surface area contributed by atoms with Gasteiger partial charge in [0.05, 0.1) is 0 Å². The first-order valence-electron chi connectivity index (χ1n) is 5.85. The Hall–Kier alpha value is -0.930. The molecule has 0 radical (unpaired) electrons. The Labute approximate surface area is 124 Å². The SMILES string of the molecule is Fc1cc(Br)cc(CC(CCl)c2cccc(F)c2)c1. The van der Waals surface area contributed by atoms with Crippen molar-refractivity contribution in [1.29, 1.82) is 0 Å². The third-order valence-corrected chi connectivity index (χ3v) is 3.74. The predicted octanol–water partition coefficient (Wildman–Crippen LogP) is 5.29. The second-order valence-corrected chi connectivity index (χ2v) is 5.61. The Morgan fingerprint density at radius 1 is 1.05 bits per heavy atom. The van der Waals surface area contributed by atoms with Crippen LogP contribution in [0.15, 0.2) is 46.9 Å². The van der Waals surface area contributed by atoms with Crippen molar-refractivity contribution in [1.82, 2.24) is 0 Å². The lowest BCUT2D eigenvalue weighted by molar-refractivity contribution is 0.616. The summed E-state index contributed by atoms with van der Waals surface area (Å²) >= 11 is 9.22. The maximum absolute atomic E-state index is 13.3. The van der Waals surface area contributed by atoms with Crippen LogP contribution in [0, 0.1) is 11.6 Å². The Kier molecular flexibility index (Phi) is 4.94. The van der Waals surface area contributed by atoms with Crippen molar-refractivity contribution in [2.45, 2.75) is 12.3 Å². The van der Waals surface area contributed by atoms with Gasteiger partial charge in [-0.3, -0.25) is 0 Å². The lowest BCUT2D eigenvalue weighted by Crippen LogP contribution is -2.05. The molecule has 0 spiro atoms. The molecule has 0 aliphatic heterocycles. The van der Waals surface area contributed by atoms with Crippen molar-refractivity contribution in [2.24, 2.45) is 0 Å². The lowest BCUT2D eigenvalue weighted by Gasteiger charge is -2.15. The van der Waals surface area contributed by atoms with E-state index in [9.17, 15) is 8.78 Å². The summed E-state index contributed by atoms with van der Waals surface area (Å²) in [7, 11) is 0. The Bertz CT molecular complexity index is 552. The fourth-order valence-electron chi connectivity index (χ4n) is 2.04. The highest BCUT2D eigenvalue weighted by Crippen LogP contribution is 2.25. The Morgan fingerprint density at radius 2 is 1.84 bits per heavy atom. The van der Waals surface area contributed by atoms with E-state index in [0.717, 1.165) is 11.1 Å². The lowest BCUT2D eigenvalue weighted by atomic mass is 9.93. The van der Waals surface area contributed by atoms with E-state index in [4.69, 9.17) is 11.6 Å². The molecule has 4 heteroatoms. The monoisotopic (exact) mass is 344 g/mol. The molecule has 100 valence electrons. The van der Waals surface area contributed by atoms with Gasteiger partial charge in [0.1, 0.15) is 11.6 Å². The molecule has 0 nitrogen and oxygen atoms in total. The highest BCUT2D eigenvalue weighted by molar-refractivity contribution is 9.10. The van der Waals surface area contributed by atoms with E-state index in [2.05, 4.69) is 15.9 Å². The highest BCUT2D eigenvalue weighted by Gasteiger charge is 2.13. The Morgan fingerprint density at radius 3 is 2.47 bits per heavy atom. The third kappa shape index (κ3) is 4.02. The van der Waals surface area contributed by atoms with Crippen LogP contribution in [-0.4, -0.2) is 5.88 Å². The van der Waals surface area contributed by atoms with Crippen LogP contribution in [0.1, 0.15) is 17.0 Å². The number of benzene rings is 2. The molecule has 0 bridgehead atoms. The summed E-state index contributed by atoms with van der Waals surface area (Å²) in [5.74, 6) is -0.256. The quantitative estimate of drug-likeness (QED) is 0.660. The molecule has 0 aromatic heterocycles. The van der Waals surface area contributed by atoms with E-state index in [0.29, 0.717) is 16.8 Å². The molecule has 0 heterocycles. The van der Waals surface area contributed by atoms with Crippen LogP contribution in [0.5, 0.6) is 0 Å². The third-order valence-electron chi connectivity index (χ3n) is 2.91. The van der Waals surface area contributed by atoms with E-state index in [1.165, 1.54) is 24.3 Å². The first-order valence-corrected chi connectivity index (χ1v) is 7.17. The molecule has 0 fully saturated rings. The Balaban J connectivity index is 2.23. The summed E-state index contributed by atoms with van der Waals surface area (Å²) in [5.41, 5.74) is 1.66. The molecule has 0 amide bonds. The van der Waals surface area contributed by atoms with Gasteiger partial charge in [0.25, 0.3) is 0 Å². The van der Waals surface area contributed by atoms with Crippen LogP contribution in [0.3, 0.4) is 0 Å². The molecule has 2 aromatic carbocycles. The number of hydrogen-bond donors (Lipinski definition) is 0. The fraction of sp³-hybridized carbons (Fsp3) is 0.200. The highest BCUT2D eigenvalue weighted by atomic mass is 79.9. The zero-order valence-electron chi connectivity index (χ0n) is 10.0.